The van der Waals surface area contributed by atoms with Gasteiger partial charge in [-0.05, 0) is 38.1 Å². The molecule has 2 heteroatoms. The third-order valence-electron chi connectivity index (χ3n) is 3.99. The zero-order chi connectivity index (χ0) is 11.8. The molecule has 0 spiro atoms. The van der Waals surface area contributed by atoms with E-state index in [1.54, 1.807) is 0 Å². The summed E-state index contributed by atoms with van der Waals surface area (Å²) in [5, 5.41) is 3.45. The molecule has 3 unspecified atom stereocenters. The van der Waals surface area contributed by atoms with Gasteiger partial charge in [-0.25, -0.2) is 0 Å². The molecule has 0 aromatic rings. The molecule has 1 saturated carbocycles. The summed E-state index contributed by atoms with van der Waals surface area (Å²) in [7, 11) is 2.08. The van der Waals surface area contributed by atoms with Crippen LogP contribution in [0.15, 0.2) is 0 Å². The predicted octanol–water partition coefficient (Wildman–Crippen LogP) is 3.22. The van der Waals surface area contributed by atoms with E-state index in [0.29, 0.717) is 6.04 Å². The van der Waals surface area contributed by atoms with Crippen molar-refractivity contribution in [2.45, 2.75) is 58.4 Å². The molecule has 0 bridgehead atoms. The normalized spacial score (nSPS) is 27.9. The van der Waals surface area contributed by atoms with Crippen LogP contribution in [0.4, 0.5) is 0 Å². The summed E-state index contributed by atoms with van der Waals surface area (Å²) in [5.74, 6) is 1.79. The Hall–Kier alpha value is -0.0800. The van der Waals surface area contributed by atoms with Gasteiger partial charge in [-0.3, -0.25) is 0 Å². The predicted molar refractivity (Wildman–Crippen MR) is 69.7 cm³/mol. The highest BCUT2D eigenvalue weighted by atomic mass is 16.5. The highest BCUT2D eigenvalue weighted by molar-refractivity contribution is 4.81. The lowest BCUT2D eigenvalue weighted by Crippen LogP contribution is -2.40. The Bertz CT molecular complexity index is 172. The van der Waals surface area contributed by atoms with Gasteiger partial charge in [-0.2, -0.15) is 0 Å². The van der Waals surface area contributed by atoms with E-state index in [1.165, 1.54) is 32.1 Å². The quantitative estimate of drug-likeness (QED) is 0.674. The standard InChI is InChI=1S/C14H29NO/c1-4-9-16-11-14(15-3)13-8-6-7-12(5-2)10-13/h12-15H,4-11H2,1-3H3. The number of hydrogen-bond donors (Lipinski definition) is 1. The monoisotopic (exact) mass is 227 g/mol. The van der Waals surface area contributed by atoms with E-state index in [2.05, 4.69) is 26.2 Å². The van der Waals surface area contributed by atoms with E-state index in [0.717, 1.165) is 31.5 Å². The molecule has 0 saturated heterocycles. The van der Waals surface area contributed by atoms with E-state index < -0.39 is 0 Å². The lowest BCUT2D eigenvalue weighted by molar-refractivity contribution is 0.0802. The molecular weight excluding hydrogens is 198 g/mol. The van der Waals surface area contributed by atoms with Gasteiger partial charge in [-0.15, -0.1) is 0 Å². The summed E-state index contributed by atoms with van der Waals surface area (Å²) >= 11 is 0. The van der Waals surface area contributed by atoms with Crippen LogP contribution in [-0.2, 0) is 4.74 Å². The average Bonchev–Trinajstić information content (AvgIpc) is 2.35. The van der Waals surface area contributed by atoms with Crippen LogP contribution < -0.4 is 5.32 Å². The lowest BCUT2D eigenvalue weighted by atomic mass is 9.77. The first kappa shape index (κ1) is 14.0. The molecule has 0 radical (unpaired) electrons. The van der Waals surface area contributed by atoms with Gasteiger partial charge in [0.05, 0.1) is 6.61 Å². The van der Waals surface area contributed by atoms with Crippen LogP contribution in [0.1, 0.15) is 52.4 Å². The molecular formula is C14H29NO. The van der Waals surface area contributed by atoms with Crippen molar-refractivity contribution in [1.82, 2.24) is 5.32 Å². The van der Waals surface area contributed by atoms with Gasteiger partial charge < -0.3 is 10.1 Å². The molecule has 1 aliphatic rings. The molecule has 96 valence electrons. The first-order chi connectivity index (χ1) is 7.81. The van der Waals surface area contributed by atoms with Gasteiger partial charge in [0.1, 0.15) is 0 Å². The zero-order valence-corrected chi connectivity index (χ0v) is 11.3. The third kappa shape index (κ3) is 4.42. The highest BCUT2D eigenvalue weighted by Gasteiger charge is 2.26. The van der Waals surface area contributed by atoms with Gasteiger partial charge in [0.25, 0.3) is 0 Å². The van der Waals surface area contributed by atoms with E-state index in [9.17, 15) is 0 Å². The lowest BCUT2D eigenvalue weighted by Gasteiger charge is -2.34. The molecule has 0 amide bonds. The Morgan fingerprint density at radius 1 is 1.31 bits per heavy atom. The molecule has 1 rings (SSSR count). The summed E-state index contributed by atoms with van der Waals surface area (Å²) < 4.78 is 5.70. The molecule has 0 aliphatic heterocycles. The highest BCUT2D eigenvalue weighted by Crippen LogP contribution is 2.32. The third-order valence-corrected chi connectivity index (χ3v) is 3.99. The number of rotatable bonds is 7. The summed E-state index contributed by atoms with van der Waals surface area (Å²) in [5.41, 5.74) is 0. The Morgan fingerprint density at radius 3 is 2.75 bits per heavy atom. The fourth-order valence-electron chi connectivity index (χ4n) is 2.88. The van der Waals surface area contributed by atoms with Gasteiger partial charge in [0.15, 0.2) is 0 Å². The topological polar surface area (TPSA) is 21.3 Å². The molecule has 3 atom stereocenters. The average molecular weight is 227 g/mol. The maximum absolute atomic E-state index is 5.70. The first-order valence-electron chi connectivity index (χ1n) is 7.06. The first-order valence-corrected chi connectivity index (χ1v) is 7.06. The number of hydrogen-bond acceptors (Lipinski definition) is 2. The van der Waals surface area contributed by atoms with Crippen molar-refractivity contribution in [1.29, 1.82) is 0 Å². The van der Waals surface area contributed by atoms with Gasteiger partial charge in [0, 0.05) is 12.6 Å². The molecule has 2 nitrogen and oxygen atoms in total. The smallest absolute Gasteiger partial charge is 0.0622 e. The minimum absolute atomic E-state index is 0.570. The van der Waals surface area contributed by atoms with Crippen LogP contribution >= 0.6 is 0 Å². The Labute approximate surface area is 101 Å². The summed E-state index contributed by atoms with van der Waals surface area (Å²) in [4.78, 5) is 0. The summed E-state index contributed by atoms with van der Waals surface area (Å²) in [6.45, 7) is 6.30. The molecule has 0 aromatic carbocycles. The van der Waals surface area contributed by atoms with E-state index >= 15 is 0 Å². The zero-order valence-electron chi connectivity index (χ0n) is 11.3. The second kappa shape index (κ2) is 8.08. The van der Waals surface area contributed by atoms with Crippen molar-refractivity contribution in [2.75, 3.05) is 20.3 Å². The van der Waals surface area contributed by atoms with Crippen molar-refractivity contribution in [3.63, 3.8) is 0 Å². The number of likely N-dealkylation sites (N-methyl/N-ethyl adjacent to an activating group) is 1. The SMILES string of the molecule is CCCOCC(NC)C1CCCC(CC)C1. The molecule has 1 aliphatic carbocycles. The minimum Gasteiger partial charge on any atom is -0.380 e. The molecule has 0 aromatic heterocycles. The van der Waals surface area contributed by atoms with Crippen LogP contribution in [0, 0.1) is 11.8 Å². The minimum atomic E-state index is 0.570. The van der Waals surface area contributed by atoms with Crippen molar-refractivity contribution in [3.05, 3.63) is 0 Å². The molecule has 0 heterocycles. The fraction of sp³-hybridized carbons (Fsp3) is 1.00. The Kier molecular flexibility index (Phi) is 7.06. The molecule has 16 heavy (non-hydrogen) atoms. The summed E-state index contributed by atoms with van der Waals surface area (Å²) in [6, 6.07) is 0.570. The van der Waals surface area contributed by atoms with Crippen molar-refractivity contribution >= 4 is 0 Å². The van der Waals surface area contributed by atoms with E-state index in [-0.39, 0.29) is 0 Å². The van der Waals surface area contributed by atoms with Crippen molar-refractivity contribution in [2.24, 2.45) is 11.8 Å². The Morgan fingerprint density at radius 2 is 2.12 bits per heavy atom. The maximum Gasteiger partial charge on any atom is 0.0622 e. The fourth-order valence-corrected chi connectivity index (χ4v) is 2.88. The second-order valence-corrected chi connectivity index (χ2v) is 5.17. The van der Waals surface area contributed by atoms with Crippen molar-refractivity contribution in [3.8, 4) is 0 Å². The van der Waals surface area contributed by atoms with E-state index in [1.807, 2.05) is 0 Å². The Balaban J connectivity index is 2.32. The number of nitrogens with one attached hydrogen (secondary N) is 1. The van der Waals surface area contributed by atoms with Crippen molar-refractivity contribution < 1.29 is 4.74 Å². The largest absolute Gasteiger partial charge is 0.380 e. The van der Waals surface area contributed by atoms with E-state index in [4.69, 9.17) is 4.74 Å². The van der Waals surface area contributed by atoms with Gasteiger partial charge in [0.2, 0.25) is 0 Å². The van der Waals surface area contributed by atoms with Crippen LogP contribution in [0.25, 0.3) is 0 Å². The van der Waals surface area contributed by atoms with Crippen LogP contribution in [0.5, 0.6) is 0 Å². The van der Waals surface area contributed by atoms with Crippen LogP contribution in [0.2, 0.25) is 0 Å². The number of ether oxygens (including phenoxy) is 1. The summed E-state index contributed by atoms with van der Waals surface area (Å²) in [6.07, 6.45) is 8.12. The second-order valence-electron chi connectivity index (χ2n) is 5.17. The van der Waals surface area contributed by atoms with Gasteiger partial charge >= 0.3 is 0 Å². The van der Waals surface area contributed by atoms with Crippen LogP contribution in [-0.4, -0.2) is 26.3 Å². The van der Waals surface area contributed by atoms with Crippen LogP contribution in [0.3, 0.4) is 0 Å². The van der Waals surface area contributed by atoms with Gasteiger partial charge in [-0.1, -0.05) is 33.1 Å². The molecule has 1 fully saturated rings. The molecule has 1 N–H and O–H groups in total. The maximum atomic E-state index is 5.70.